The third kappa shape index (κ3) is 4.99. The summed E-state index contributed by atoms with van der Waals surface area (Å²) in [7, 11) is -4.38. The summed E-state index contributed by atoms with van der Waals surface area (Å²) in [6.45, 7) is 0.0588. The molecule has 2 aromatic carbocycles. The maximum absolute atomic E-state index is 12.2. The Hall–Kier alpha value is -0.450. The lowest BCUT2D eigenvalue weighted by atomic mass is 10.1. The summed E-state index contributed by atoms with van der Waals surface area (Å²) in [6.07, 6.45) is 4.86. The molecule has 6 nitrogen and oxygen atoms in total. The number of allylic oxidation sites excluding steroid dienone is 1. The molecule has 0 saturated heterocycles. The molecule has 0 aromatic heterocycles. The maximum atomic E-state index is 12.2. The van der Waals surface area contributed by atoms with Gasteiger partial charge in [-0.25, -0.2) is 4.79 Å². The lowest BCUT2D eigenvalue weighted by molar-refractivity contribution is 0.0449. The summed E-state index contributed by atoms with van der Waals surface area (Å²) in [5.74, 6) is -0.113. The highest BCUT2D eigenvalue weighted by molar-refractivity contribution is 14.1. The highest BCUT2D eigenvalue weighted by Crippen LogP contribution is 2.36. The molecule has 3 rings (SSSR count). The zero-order valence-electron chi connectivity index (χ0n) is 14.1. The van der Waals surface area contributed by atoms with Gasteiger partial charge in [-0.15, -0.1) is 0 Å². The third-order valence-corrected chi connectivity index (χ3v) is 8.27. The summed E-state index contributed by atoms with van der Waals surface area (Å²) < 4.78 is 44.9. The summed E-state index contributed by atoms with van der Waals surface area (Å²) in [6, 6.07) is 7.04. The van der Waals surface area contributed by atoms with Gasteiger partial charge >= 0.3 is 5.97 Å². The van der Waals surface area contributed by atoms with Crippen LogP contribution in [-0.4, -0.2) is 32.2 Å². The Morgan fingerprint density at radius 2 is 1.86 bits per heavy atom. The Bertz CT molecular complexity index is 1080. The number of fused-ring (bicyclic) bond motifs is 1. The topological polar surface area (TPSA) is 89.9 Å². The largest absolute Gasteiger partial charge is 0.488 e. The smallest absolute Gasteiger partial charge is 0.338 e. The van der Waals surface area contributed by atoms with Crippen molar-refractivity contribution in [1.29, 1.82) is 0 Å². The molecule has 0 radical (unpaired) electrons. The molecule has 10 heteroatoms. The summed E-state index contributed by atoms with van der Waals surface area (Å²) >= 11 is 5.69. The van der Waals surface area contributed by atoms with E-state index < -0.39 is 16.1 Å². The lowest BCUT2D eigenvalue weighted by Gasteiger charge is -2.14. The van der Waals surface area contributed by atoms with Gasteiger partial charge in [0.05, 0.1) is 12.7 Å². The molecular formula is C18H13I3O6S. The number of benzene rings is 2. The summed E-state index contributed by atoms with van der Waals surface area (Å²) in [5.41, 5.74) is 2.68. The van der Waals surface area contributed by atoms with E-state index in [1.54, 1.807) is 12.1 Å². The van der Waals surface area contributed by atoms with Crippen molar-refractivity contribution in [3.05, 3.63) is 57.7 Å². The molecule has 1 N–H and O–H groups in total. The molecule has 1 aliphatic rings. The number of carbonyl (C=O) groups is 1. The van der Waals surface area contributed by atoms with Crippen LogP contribution in [0.15, 0.2) is 35.2 Å². The van der Waals surface area contributed by atoms with Crippen LogP contribution in [0.1, 0.15) is 21.5 Å². The minimum Gasteiger partial charge on any atom is -0.488 e. The molecule has 0 bridgehead atoms. The SMILES string of the molecule is O=C(OCCOc1c(I)cc(I)c(S(=O)(=O)O)c1I)c1ccc2c(c1)CC=C2. The van der Waals surface area contributed by atoms with Crippen molar-refractivity contribution in [2.45, 2.75) is 11.3 Å². The van der Waals surface area contributed by atoms with E-state index in [0.29, 0.717) is 18.5 Å². The molecule has 0 saturated carbocycles. The zero-order chi connectivity index (χ0) is 20.5. The molecule has 0 aliphatic heterocycles. The predicted molar refractivity (Wildman–Crippen MR) is 129 cm³/mol. The second kappa shape index (κ2) is 9.14. The van der Waals surface area contributed by atoms with Crippen LogP contribution in [0.4, 0.5) is 0 Å². The molecule has 0 fully saturated rings. The Balaban J connectivity index is 1.63. The minimum atomic E-state index is -4.38. The molecule has 2 aromatic rings. The van der Waals surface area contributed by atoms with Crippen LogP contribution in [0.5, 0.6) is 5.75 Å². The molecule has 0 unspecified atom stereocenters. The van der Waals surface area contributed by atoms with Gasteiger partial charge in [-0.1, -0.05) is 18.2 Å². The predicted octanol–water partition coefficient (Wildman–Crippen LogP) is 4.55. The monoisotopic (exact) mass is 738 g/mol. The summed E-state index contributed by atoms with van der Waals surface area (Å²) in [5, 5.41) is 0. The Labute approximate surface area is 203 Å². The highest BCUT2D eigenvalue weighted by atomic mass is 127. The first kappa shape index (κ1) is 22.2. The van der Waals surface area contributed by atoms with Gasteiger partial charge < -0.3 is 9.47 Å². The number of hydrogen-bond donors (Lipinski definition) is 1. The van der Waals surface area contributed by atoms with Crippen LogP contribution in [0.3, 0.4) is 0 Å². The van der Waals surface area contributed by atoms with Gasteiger partial charge in [-0.3, -0.25) is 4.55 Å². The van der Waals surface area contributed by atoms with Crippen LogP contribution in [0.25, 0.3) is 6.08 Å². The van der Waals surface area contributed by atoms with Crippen molar-refractivity contribution in [2.24, 2.45) is 0 Å². The van der Waals surface area contributed by atoms with Gasteiger partial charge in [0, 0.05) is 3.57 Å². The zero-order valence-corrected chi connectivity index (χ0v) is 21.4. The Morgan fingerprint density at radius 1 is 1.11 bits per heavy atom. The highest BCUT2D eigenvalue weighted by Gasteiger charge is 2.24. The molecule has 28 heavy (non-hydrogen) atoms. The average Bonchev–Trinajstić information content (AvgIpc) is 3.06. The van der Waals surface area contributed by atoms with Gasteiger partial charge in [-0.05, 0) is 104 Å². The van der Waals surface area contributed by atoms with Crippen LogP contribution in [-0.2, 0) is 21.3 Å². The van der Waals surface area contributed by atoms with Crippen molar-refractivity contribution in [2.75, 3.05) is 13.2 Å². The second-order valence-corrected chi connectivity index (χ2v) is 10.6. The quantitative estimate of drug-likeness (QED) is 0.203. The molecule has 0 amide bonds. The van der Waals surface area contributed by atoms with Crippen LogP contribution < -0.4 is 4.74 Å². The van der Waals surface area contributed by atoms with Crippen molar-refractivity contribution in [1.82, 2.24) is 0 Å². The van der Waals surface area contributed by atoms with Crippen molar-refractivity contribution < 1.29 is 27.2 Å². The fourth-order valence-electron chi connectivity index (χ4n) is 2.67. The molecule has 0 atom stereocenters. The van der Waals surface area contributed by atoms with E-state index in [1.807, 2.05) is 92.1 Å². The molecule has 0 spiro atoms. The number of esters is 1. The first-order chi connectivity index (χ1) is 13.2. The van der Waals surface area contributed by atoms with Crippen molar-refractivity contribution >= 4 is 89.9 Å². The minimum absolute atomic E-state index is 0.00746. The van der Waals surface area contributed by atoms with E-state index in [0.717, 1.165) is 17.5 Å². The van der Waals surface area contributed by atoms with Crippen molar-refractivity contribution in [3.8, 4) is 5.75 Å². The fourth-order valence-corrected chi connectivity index (χ4v) is 8.65. The Kier molecular flexibility index (Phi) is 7.26. The van der Waals surface area contributed by atoms with Crippen molar-refractivity contribution in [3.63, 3.8) is 0 Å². The number of ether oxygens (including phenoxy) is 2. The number of halogens is 3. The molecule has 0 heterocycles. The van der Waals surface area contributed by atoms with E-state index in [-0.39, 0.29) is 21.7 Å². The van der Waals surface area contributed by atoms with Crippen LogP contribution >= 0.6 is 67.8 Å². The van der Waals surface area contributed by atoms with Gasteiger partial charge in [0.25, 0.3) is 10.1 Å². The molecule has 1 aliphatic carbocycles. The normalized spacial score (nSPS) is 12.7. The number of carbonyl (C=O) groups excluding carboxylic acids is 1. The van der Waals surface area contributed by atoms with Gasteiger partial charge in [0.15, 0.2) is 0 Å². The number of hydrogen-bond acceptors (Lipinski definition) is 5. The number of rotatable bonds is 6. The van der Waals surface area contributed by atoms with E-state index >= 15 is 0 Å². The van der Waals surface area contributed by atoms with Crippen LogP contribution in [0, 0.1) is 10.7 Å². The first-order valence-electron chi connectivity index (χ1n) is 7.93. The summed E-state index contributed by atoms with van der Waals surface area (Å²) in [4.78, 5) is 12.0. The van der Waals surface area contributed by atoms with E-state index in [4.69, 9.17) is 9.47 Å². The van der Waals surface area contributed by atoms with Gasteiger partial charge in [0.2, 0.25) is 0 Å². The average molecular weight is 738 g/mol. The van der Waals surface area contributed by atoms with Crippen LogP contribution in [0.2, 0.25) is 0 Å². The van der Waals surface area contributed by atoms with E-state index in [2.05, 4.69) is 0 Å². The molecule has 148 valence electrons. The third-order valence-electron chi connectivity index (χ3n) is 3.92. The van der Waals surface area contributed by atoms with Gasteiger partial charge in [-0.2, -0.15) is 8.42 Å². The first-order valence-corrected chi connectivity index (χ1v) is 12.6. The van der Waals surface area contributed by atoms with E-state index in [9.17, 15) is 17.8 Å². The standard InChI is InChI=1S/C18H13I3O6S/c19-13-9-14(20)17(28(23,24)25)15(21)16(13)26-6-7-27-18(22)12-5-4-10-2-1-3-11(10)8-12/h1-2,4-5,8-9H,3,6-7H2,(H,23,24,25). The van der Waals surface area contributed by atoms with Gasteiger partial charge in [0.1, 0.15) is 23.9 Å². The fraction of sp³-hybridized carbons (Fsp3) is 0.167. The Morgan fingerprint density at radius 3 is 2.57 bits per heavy atom. The van der Waals surface area contributed by atoms with E-state index in [1.165, 1.54) is 0 Å². The molecular weight excluding hydrogens is 725 g/mol. The second-order valence-electron chi connectivity index (χ2n) is 5.79. The lowest BCUT2D eigenvalue weighted by Crippen LogP contribution is -2.14. The maximum Gasteiger partial charge on any atom is 0.338 e.